The van der Waals surface area contributed by atoms with Gasteiger partial charge in [-0.05, 0) is 24.1 Å². The average molecular weight is 247 g/mol. The van der Waals surface area contributed by atoms with Crippen LogP contribution in [0, 0.1) is 5.92 Å². The summed E-state index contributed by atoms with van der Waals surface area (Å²) in [4.78, 5) is 15.0. The third kappa shape index (κ3) is 2.46. The Morgan fingerprint density at radius 2 is 2.33 bits per heavy atom. The van der Waals surface area contributed by atoms with Crippen LogP contribution in [0.3, 0.4) is 0 Å². The van der Waals surface area contributed by atoms with Crippen LogP contribution < -0.4 is 11.1 Å². The van der Waals surface area contributed by atoms with Crippen molar-refractivity contribution in [3.8, 4) is 0 Å². The van der Waals surface area contributed by atoms with E-state index in [2.05, 4.69) is 10.3 Å². The number of nitrogens with two attached hydrogens (primary N) is 1. The molecule has 0 saturated carbocycles. The number of H-pyrrole nitrogens is 1. The number of hydrogen-bond donors (Lipinski definition) is 4. The second-order valence-electron chi connectivity index (χ2n) is 4.51. The fourth-order valence-corrected chi connectivity index (χ4v) is 1.76. The first-order chi connectivity index (χ1) is 8.61. The lowest BCUT2D eigenvalue weighted by Crippen LogP contribution is -2.29. The summed E-state index contributed by atoms with van der Waals surface area (Å²) in [5, 5.41) is 12.5. The van der Waals surface area contributed by atoms with Crippen LogP contribution >= 0.6 is 0 Å². The molecule has 0 radical (unpaired) electrons. The molecule has 5 heteroatoms. The van der Waals surface area contributed by atoms with Gasteiger partial charge in [0.25, 0.3) is 5.91 Å². The molecule has 1 atom stereocenters. The standard InChI is InChI=1S/C13H17N3O2/c1-8(7-17)5-16-13(18)11-6-15-12-4-9(14)2-3-10(11)12/h2-4,6,8,15,17H,5,7,14H2,1H3,(H,16,18). The van der Waals surface area contributed by atoms with Crippen LogP contribution in [-0.4, -0.2) is 29.1 Å². The molecule has 5 nitrogen and oxygen atoms in total. The van der Waals surface area contributed by atoms with E-state index >= 15 is 0 Å². The highest BCUT2D eigenvalue weighted by Gasteiger charge is 2.12. The number of aliphatic hydroxyl groups excluding tert-OH is 1. The second-order valence-corrected chi connectivity index (χ2v) is 4.51. The number of aliphatic hydroxyl groups is 1. The van der Waals surface area contributed by atoms with Gasteiger partial charge in [-0.3, -0.25) is 4.79 Å². The van der Waals surface area contributed by atoms with Gasteiger partial charge in [0.2, 0.25) is 0 Å². The molecule has 0 fully saturated rings. The van der Waals surface area contributed by atoms with Gasteiger partial charge in [0.1, 0.15) is 0 Å². The smallest absolute Gasteiger partial charge is 0.253 e. The Labute approximate surface area is 105 Å². The van der Waals surface area contributed by atoms with Gasteiger partial charge in [-0.25, -0.2) is 0 Å². The van der Waals surface area contributed by atoms with Crippen molar-refractivity contribution >= 4 is 22.5 Å². The lowest BCUT2D eigenvalue weighted by atomic mass is 10.1. The van der Waals surface area contributed by atoms with Crippen molar-refractivity contribution in [2.75, 3.05) is 18.9 Å². The Morgan fingerprint density at radius 1 is 1.56 bits per heavy atom. The number of carbonyl (C=O) groups excluding carboxylic acids is 1. The van der Waals surface area contributed by atoms with Gasteiger partial charge in [0, 0.05) is 35.9 Å². The molecule has 1 aromatic carbocycles. The SMILES string of the molecule is CC(CO)CNC(=O)c1c[nH]c2cc(N)ccc12. The average Bonchev–Trinajstić information content (AvgIpc) is 2.78. The fraction of sp³-hybridized carbons (Fsp3) is 0.308. The number of aromatic nitrogens is 1. The first kappa shape index (κ1) is 12.4. The normalized spacial score (nSPS) is 12.6. The highest BCUT2D eigenvalue weighted by molar-refractivity contribution is 6.07. The van der Waals surface area contributed by atoms with E-state index in [9.17, 15) is 4.79 Å². The Hall–Kier alpha value is -2.01. The first-order valence-corrected chi connectivity index (χ1v) is 5.87. The van der Waals surface area contributed by atoms with Gasteiger partial charge in [0.15, 0.2) is 0 Å². The van der Waals surface area contributed by atoms with Crippen LogP contribution in [0.15, 0.2) is 24.4 Å². The number of rotatable bonds is 4. The van der Waals surface area contributed by atoms with Crippen LogP contribution in [0.5, 0.6) is 0 Å². The van der Waals surface area contributed by atoms with Crippen molar-refractivity contribution < 1.29 is 9.90 Å². The lowest BCUT2D eigenvalue weighted by molar-refractivity contribution is 0.0944. The van der Waals surface area contributed by atoms with Gasteiger partial charge < -0.3 is 21.1 Å². The molecule has 0 aliphatic carbocycles. The molecule has 1 heterocycles. The van der Waals surface area contributed by atoms with Gasteiger partial charge >= 0.3 is 0 Å². The Morgan fingerprint density at radius 3 is 3.06 bits per heavy atom. The molecule has 0 bridgehead atoms. The van der Waals surface area contributed by atoms with E-state index in [0.717, 1.165) is 10.9 Å². The number of aromatic amines is 1. The Balaban J connectivity index is 2.18. The van der Waals surface area contributed by atoms with E-state index in [1.807, 2.05) is 13.0 Å². The highest BCUT2D eigenvalue weighted by Crippen LogP contribution is 2.20. The maximum absolute atomic E-state index is 12.0. The molecular weight excluding hydrogens is 230 g/mol. The molecule has 2 aromatic rings. The van der Waals surface area contributed by atoms with E-state index in [4.69, 9.17) is 10.8 Å². The van der Waals surface area contributed by atoms with E-state index < -0.39 is 0 Å². The van der Waals surface area contributed by atoms with E-state index in [0.29, 0.717) is 17.8 Å². The predicted octanol–water partition coefficient (Wildman–Crippen LogP) is 1.11. The van der Waals surface area contributed by atoms with Crippen molar-refractivity contribution in [2.24, 2.45) is 5.92 Å². The third-order valence-electron chi connectivity index (χ3n) is 2.87. The van der Waals surface area contributed by atoms with Crippen molar-refractivity contribution in [3.63, 3.8) is 0 Å². The maximum Gasteiger partial charge on any atom is 0.253 e. The molecule has 0 aliphatic heterocycles. The zero-order chi connectivity index (χ0) is 13.1. The summed E-state index contributed by atoms with van der Waals surface area (Å²) in [5.41, 5.74) is 7.77. The fourth-order valence-electron chi connectivity index (χ4n) is 1.76. The Kier molecular flexibility index (Phi) is 3.53. The molecule has 1 amide bonds. The molecular formula is C13H17N3O2. The maximum atomic E-state index is 12.0. The molecule has 0 saturated heterocycles. The molecule has 96 valence electrons. The van der Waals surface area contributed by atoms with E-state index in [1.165, 1.54) is 0 Å². The first-order valence-electron chi connectivity index (χ1n) is 5.87. The summed E-state index contributed by atoms with van der Waals surface area (Å²) in [5.74, 6) is -0.0962. The summed E-state index contributed by atoms with van der Waals surface area (Å²) in [6.07, 6.45) is 1.67. The minimum absolute atomic E-state index is 0.0507. The summed E-state index contributed by atoms with van der Waals surface area (Å²) < 4.78 is 0. The number of amides is 1. The molecule has 1 unspecified atom stereocenters. The second kappa shape index (κ2) is 5.10. The van der Waals surface area contributed by atoms with Gasteiger partial charge in [0.05, 0.1) is 5.56 Å². The summed E-state index contributed by atoms with van der Waals surface area (Å²) in [7, 11) is 0. The quantitative estimate of drug-likeness (QED) is 0.610. The highest BCUT2D eigenvalue weighted by atomic mass is 16.3. The molecule has 2 rings (SSSR count). The minimum Gasteiger partial charge on any atom is -0.399 e. The number of nitrogen functional groups attached to an aromatic ring is 1. The van der Waals surface area contributed by atoms with Crippen LogP contribution in [-0.2, 0) is 0 Å². The monoisotopic (exact) mass is 247 g/mol. The predicted molar refractivity (Wildman–Crippen MR) is 71.3 cm³/mol. The lowest BCUT2D eigenvalue weighted by Gasteiger charge is -2.08. The van der Waals surface area contributed by atoms with E-state index in [1.54, 1.807) is 18.3 Å². The number of anilines is 1. The van der Waals surface area contributed by atoms with Gasteiger partial charge in [-0.15, -0.1) is 0 Å². The van der Waals surface area contributed by atoms with Crippen molar-refractivity contribution in [3.05, 3.63) is 30.0 Å². The third-order valence-corrected chi connectivity index (χ3v) is 2.87. The van der Waals surface area contributed by atoms with Gasteiger partial charge in [-0.2, -0.15) is 0 Å². The van der Waals surface area contributed by atoms with E-state index in [-0.39, 0.29) is 18.4 Å². The largest absolute Gasteiger partial charge is 0.399 e. The van der Waals surface area contributed by atoms with Crippen molar-refractivity contribution in [1.82, 2.24) is 10.3 Å². The zero-order valence-corrected chi connectivity index (χ0v) is 10.2. The van der Waals surface area contributed by atoms with Crippen LogP contribution in [0.4, 0.5) is 5.69 Å². The van der Waals surface area contributed by atoms with Crippen LogP contribution in [0.25, 0.3) is 10.9 Å². The molecule has 1 aromatic heterocycles. The number of hydrogen-bond acceptors (Lipinski definition) is 3. The van der Waals surface area contributed by atoms with Crippen molar-refractivity contribution in [2.45, 2.75) is 6.92 Å². The number of nitrogens with one attached hydrogen (secondary N) is 2. The summed E-state index contributed by atoms with van der Waals surface area (Å²) in [6, 6.07) is 5.39. The molecule has 5 N–H and O–H groups in total. The Bertz CT molecular complexity index is 562. The number of carbonyl (C=O) groups is 1. The van der Waals surface area contributed by atoms with Crippen LogP contribution in [0.1, 0.15) is 17.3 Å². The topological polar surface area (TPSA) is 91.1 Å². The summed E-state index contributed by atoms with van der Waals surface area (Å²) >= 11 is 0. The molecule has 18 heavy (non-hydrogen) atoms. The summed E-state index contributed by atoms with van der Waals surface area (Å²) in [6.45, 7) is 2.39. The number of benzene rings is 1. The number of fused-ring (bicyclic) bond motifs is 1. The zero-order valence-electron chi connectivity index (χ0n) is 10.2. The van der Waals surface area contributed by atoms with Crippen molar-refractivity contribution in [1.29, 1.82) is 0 Å². The van der Waals surface area contributed by atoms with Gasteiger partial charge in [-0.1, -0.05) is 6.92 Å². The van der Waals surface area contributed by atoms with Crippen LogP contribution in [0.2, 0.25) is 0 Å². The molecule has 0 aliphatic rings. The minimum atomic E-state index is -0.147. The molecule has 0 spiro atoms.